The van der Waals surface area contributed by atoms with E-state index < -0.39 is 0 Å². The van der Waals surface area contributed by atoms with Crippen LogP contribution in [0.15, 0.2) is 48.9 Å². The van der Waals surface area contributed by atoms with Crippen molar-refractivity contribution in [2.75, 3.05) is 18.8 Å². The summed E-state index contributed by atoms with van der Waals surface area (Å²) in [4.78, 5) is 31.1. The first-order chi connectivity index (χ1) is 17.8. The highest BCUT2D eigenvalue weighted by Crippen LogP contribution is 2.28. The molecule has 0 aliphatic carbocycles. The van der Waals surface area contributed by atoms with Crippen molar-refractivity contribution < 1.29 is 9.59 Å². The number of nitrogens with two attached hydrogens (primary N) is 1. The minimum atomic E-state index is -0.197. The first-order valence-corrected chi connectivity index (χ1v) is 12.7. The van der Waals surface area contributed by atoms with Gasteiger partial charge in [-0.05, 0) is 71.7 Å². The average Bonchev–Trinajstić information content (AvgIpc) is 3.29. The first-order valence-electron chi connectivity index (χ1n) is 12.3. The van der Waals surface area contributed by atoms with E-state index in [-0.39, 0.29) is 11.8 Å². The van der Waals surface area contributed by atoms with E-state index >= 15 is 0 Å². The monoisotopic (exact) mass is 516 g/mol. The molecule has 9 heteroatoms. The zero-order valence-corrected chi connectivity index (χ0v) is 21.7. The van der Waals surface area contributed by atoms with Crippen molar-refractivity contribution in [2.45, 2.75) is 39.8 Å². The highest BCUT2D eigenvalue weighted by Gasteiger charge is 2.21. The van der Waals surface area contributed by atoms with Gasteiger partial charge in [-0.2, -0.15) is 5.10 Å². The van der Waals surface area contributed by atoms with Crippen LogP contribution in [0, 0.1) is 13.8 Å². The van der Waals surface area contributed by atoms with Crippen molar-refractivity contribution in [3.8, 4) is 0 Å². The van der Waals surface area contributed by atoms with Crippen LogP contribution in [0.2, 0.25) is 5.02 Å². The van der Waals surface area contributed by atoms with E-state index in [1.54, 1.807) is 23.3 Å². The molecule has 1 aliphatic heterocycles. The molecule has 190 valence electrons. The second kappa shape index (κ2) is 10.2. The molecule has 0 spiro atoms. The number of hydrogen-bond acceptors (Lipinski definition) is 5. The minimum absolute atomic E-state index is 0.110. The molecular formula is C28H29ClN6O2. The number of amides is 2. The zero-order chi connectivity index (χ0) is 26.1. The molecule has 3 heterocycles. The molecular weight excluding hydrogens is 488 g/mol. The third-order valence-electron chi connectivity index (χ3n) is 7.05. The number of fused-ring (bicyclic) bond motifs is 1. The quantitative estimate of drug-likeness (QED) is 0.385. The number of pyridine rings is 1. The summed E-state index contributed by atoms with van der Waals surface area (Å²) >= 11 is 6.46. The highest BCUT2D eigenvalue weighted by atomic mass is 35.5. The molecule has 1 aliphatic rings. The molecule has 0 bridgehead atoms. The number of aromatic nitrogens is 3. The van der Waals surface area contributed by atoms with Gasteiger partial charge in [0.25, 0.3) is 5.91 Å². The van der Waals surface area contributed by atoms with E-state index in [1.807, 2.05) is 49.1 Å². The zero-order valence-electron chi connectivity index (χ0n) is 20.9. The third kappa shape index (κ3) is 5.15. The summed E-state index contributed by atoms with van der Waals surface area (Å²) in [7, 11) is 0. The number of halogens is 1. The molecule has 3 N–H and O–H groups in total. The number of anilines is 1. The molecule has 37 heavy (non-hydrogen) atoms. The fourth-order valence-corrected chi connectivity index (χ4v) is 4.97. The molecule has 2 aromatic heterocycles. The van der Waals surface area contributed by atoms with Gasteiger partial charge in [0.1, 0.15) is 5.82 Å². The topological polar surface area (TPSA) is 106 Å². The third-order valence-corrected chi connectivity index (χ3v) is 7.40. The van der Waals surface area contributed by atoms with Crippen molar-refractivity contribution in [1.29, 1.82) is 0 Å². The van der Waals surface area contributed by atoms with Gasteiger partial charge in [0.2, 0.25) is 5.91 Å². The predicted molar refractivity (Wildman–Crippen MR) is 144 cm³/mol. The molecule has 8 nitrogen and oxygen atoms in total. The van der Waals surface area contributed by atoms with Gasteiger partial charge < -0.3 is 16.0 Å². The maximum Gasteiger partial charge on any atom is 0.254 e. The Morgan fingerprint density at radius 2 is 1.95 bits per heavy atom. The van der Waals surface area contributed by atoms with Gasteiger partial charge in [0, 0.05) is 42.4 Å². The van der Waals surface area contributed by atoms with Crippen LogP contribution in [0.5, 0.6) is 0 Å². The van der Waals surface area contributed by atoms with Crippen molar-refractivity contribution in [2.24, 2.45) is 0 Å². The van der Waals surface area contributed by atoms with Crippen molar-refractivity contribution in [3.05, 3.63) is 87.3 Å². The lowest BCUT2D eigenvalue weighted by molar-refractivity contribution is -0.133. The number of likely N-dealkylation sites (tertiary alicyclic amines) is 1. The number of nitrogens with one attached hydrogen (secondary N) is 1. The van der Waals surface area contributed by atoms with Crippen LogP contribution >= 0.6 is 11.6 Å². The van der Waals surface area contributed by atoms with Gasteiger partial charge >= 0.3 is 0 Å². The highest BCUT2D eigenvalue weighted by molar-refractivity contribution is 6.31. The summed E-state index contributed by atoms with van der Waals surface area (Å²) < 4.78 is 1.70. The van der Waals surface area contributed by atoms with Crippen LogP contribution in [-0.4, -0.2) is 44.6 Å². The normalized spacial score (nSPS) is 13.0. The van der Waals surface area contributed by atoms with Crippen molar-refractivity contribution in [3.63, 3.8) is 0 Å². The number of rotatable bonds is 7. The fraction of sp³-hybridized carbons (Fsp3) is 0.286. The average molecular weight is 517 g/mol. The Labute approximate surface area is 220 Å². The summed E-state index contributed by atoms with van der Waals surface area (Å²) in [5.41, 5.74) is 11.5. The number of carbonyl (C=O) groups is 2. The van der Waals surface area contributed by atoms with Crippen LogP contribution < -0.4 is 11.1 Å². The lowest BCUT2D eigenvalue weighted by Crippen LogP contribution is -2.42. The van der Waals surface area contributed by atoms with Crippen LogP contribution in [0.1, 0.15) is 44.6 Å². The maximum atomic E-state index is 12.9. The lowest BCUT2D eigenvalue weighted by Gasteiger charge is -2.31. The van der Waals surface area contributed by atoms with E-state index in [1.165, 1.54) is 0 Å². The number of carbonyl (C=O) groups excluding carboxylic acids is 2. The first kappa shape index (κ1) is 24.8. The Kier molecular flexibility index (Phi) is 6.84. The molecule has 5 rings (SSSR count). The number of nitrogens with zero attached hydrogens (tertiary/aromatic N) is 4. The predicted octanol–water partition coefficient (Wildman–Crippen LogP) is 4.04. The minimum Gasteiger partial charge on any atom is -0.383 e. The summed E-state index contributed by atoms with van der Waals surface area (Å²) in [6.07, 6.45) is 6.36. The van der Waals surface area contributed by atoms with E-state index in [9.17, 15) is 9.59 Å². The summed E-state index contributed by atoms with van der Waals surface area (Å²) in [5, 5.41) is 9.88. The molecule has 4 aromatic rings. The van der Waals surface area contributed by atoms with Crippen molar-refractivity contribution >= 4 is 40.0 Å². The molecule has 0 atom stereocenters. The van der Waals surface area contributed by atoms with Crippen LogP contribution in [0.3, 0.4) is 0 Å². The van der Waals surface area contributed by atoms with Gasteiger partial charge in [-0.15, -0.1) is 0 Å². The second-order valence-electron chi connectivity index (χ2n) is 9.53. The van der Waals surface area contributed by atoms with E-state index in [0.717, 1.165) is 58.1 Å². The molecule has 2 aromatic carbocycles. The van der Waals surface area contributed by atoms with E-state index in [4.69, 9.17) is 17.3 Å². The number of benzene rings is 2. The molecule has 0 unspecified atom stereocenters. The van der Waals surface area contributed by atoms with Crippen LogP contribution in [0.25, 0.3) is 10.8 Å². The Morgan fingerprint density at radius 3 is 2.68 bits per heavy atom. The molecule has 1 saturated heterocycles. The number of hydrogen-bond donors (Lipinski definition) is 2. The summed E-state index contributed by atoms with van der Waals surface area (Å²) in [6.45, 7) is 6.57. The van der Waals surface area contributed by atoms with Crippen LogP contribution in [-0.2, 0) is 24.3 Å². The van der Waals surface area contributed by atoms with Gasteiger partial charge in [-0.1, -0.05) is 23.7 Å². The Balaban J connectivity index is 1.22. The Morgan fingerprint density at radius 1 is 1.14 bits per heavy atom. The van der Waals surface area contributed by atoms with Crippen molar-refractivity contribution in [1.82, 2.24) is 25.0 Å². The van der Waals surface area contributed by atoms with E-state index in [2.05, 4.69) is 15.4 Å². The maximum absolute atomic E-state index is 12.9. The number of nitrogen functional groups attached to an aromatic ring is 1. The molecule has 0 radical (unpaired) electrons. The standard InChI is InChI=1S/C28H29ClN6O2/c1-17-10-23-22(6-7-31-27(23)30)18(2)24(17)14-32-28(37)21-13-33-35(16-21)15-19-4-5-20(25(29)11-19)12-26(36)34-8-3-9-34/h4-7,10-11,13,16H,3,8-9,12,14-15H2,1-2H3,(H2,30,31)(H,32,37). The van der Waals surface area contributed by atoms with Gasteiger partial charge in [-0.25, -0.2) is 4.98 Å². The van der Waals surface area contributed by atoms with Gasteiger partial charge in [-0.3, -0.25) is 14.3 Å². The summed E-state index contributed by atoms with van der Waals surface area (Å²) in [6, 6.07) is 9.65. The Bertz CT molecular complexity index is 1510. The largest absolute Gasteiger partial charge is 0.383 e. The fourth-order valence-electron chi connectivity index (χ4n) is 4.70. The van der Waals surface area contributed by atoms with Gasteiger partial charge in [0.05, 0.1) is 24.7 Å². The SMILES string of the molecule is Cc1cc2c(N)nccc2c(C)c1CNC(=O)c1cnn(Cc2ccc(CC(=O)N3CCC3)c(Cl)c2)c1. The van der Waals surface area contributed by atoms with E-state index in [0.29, 0.717) is 35.9 Å². The summed E-state index contributed by atoms with van der Waals surface area (Å²) in [5.74, 6) is 0.416. The Hall–Kier alpha value is -3.91. The lowest BCUT2D eigenvalue weighted by atomic mass is 9.96. The number of aryl methyl sites for hydroxylation is 2. The molecule has 2 amide bonds. The smallest absolute Gasteiger partial charge is 0.254 e. The van der Waals surface area contributed by atoms with Gasteiger partial charge in [0.15, 0.2) is 0 Å². The molecule has 0 saturated carbocycles. The van der Waals surface area contributed by atoms with Crippen LogP contribution in [0.4, 0.5) is 5.82 Å². The molecule has 1 fully saturated rings. The second-order valence-corrected chi connectivity index (χ2v) is 9.94.